The van der Waals surface area contributed by atoms with E-state index in [1.165, 1.54) is 11.2 Å². The number of nitrogens with two attached hydrogens (primary N) is 1. The monoisotopic (exact) mass is 223 g/mol. The number of aromatic nitrogens is 5. The minimum Gasteiger partial charge on any atom is -0.379 e. The Morgan fingerprint density at radius 2 is 2.44 bits per heavy atom. The van der Waals surface area contributed by atoms with Gasteiger partial charge in [-0.3, -0.25) is 9.89 Å². The van der Waals surface area contributed by atoms with E-state index < -0.39 is 5.91 Å². The summed E-state index contributed by atoms with van der Waals surface area (Å²) in [4.78, 5) is 17.0. The fourth-order valence-electron chi connectivity index (χ4n) is 1.13. The molecule has 2 aromatic rings. The van der Waals surface area contributed by atoms with E-state index >= 15 is 0 Å². The Labute approximate surface area is 89.6 Å². The van der Waals surface area contributed by atoms with Crippen LogP contribution in [0.3, 0.4) is 0 Å². The summed E-state index contributed by atoms with van der Waals surface area (Å²) in [6, 6.07) is 0. The van der Waals surface area contributed by atoms with Crippen molar-refractivity contribution in [1.82, 2.24) is 30.4 Å². The van der Waals surface area contributed by atoms with Gasteiger partial charge in [0.15, 0.2) is 0 Å². The zero-order valence-electron chi connectivity index (χ0n) is 8.41. The lowest BCUT2D eigenvalue weighted by Crippen LogP contribution is -2.27. The molecule has 84 valence electrons. The number of nitrogens with zero attached hydrogens (tertiary/aromatic N) is 5. The predicted octanol–water partition coefficient (Wildman–Crippen LogP) is -0.958. The van der Waals surface area contributed by atoms with Gasteiger partial charge in [0, 0.05) is 7.05 Å². The van der Waals surface area contributed by atoms with E-state index in [2.05, 4.69) is 30.1 Å². The molecule has 0 aliphatic carbocycles. The second kappa shape index (κ2) is 3.96. The smallest absolute Gasteiger partial charge is 0.280 e. The van der Waals surface area contributed by atoms with E-state index in [4.69, 9.17) is 5.73 Å². The predicted molar refractivity (Wildman–Crippen MR) is 50.9 cm³/mol. The molecule has 0 bridgehead atoms. The van der Waals surface area contributed by atoms with Crippen LogP contribution >= 0.6 is 0 Å². The van der Waals surface area contributed by atoms with Crippen molar-refractivity contribution >= 4 is 11.7 Å². The fourth-order valence-corrected chi connectivity index (χ4v) is 1.13. The van der Waals surface area contributed by atoms with Gasteiger partial charge in [-0.05, 0) is 10.3 Å². The molecule has 0 aliphatic rings. The molecular weight excluding hydrogens is 214 g/mol. The summed E-state index contributed by atoms with van der Waals surface area (Å²) in [5.41, 5.74) is 5.39. The molecule has 0 aromatic carbocycles. The minimum absolute atomic E-state index is 0.0120. The number of anilines is 1. The molecule has 0 unspecified atom stereocenters. The Morgan fingerprint density at radius 3 is 3.00 bits per heavy atom. The maximum Gasteiger partial charge on any atom is 0.280 e. The summed E-state index contributed by atoms with van der Waals surface area (Å²) in [5, 5.41) is 13.0. The third-order valence-electron chi connectivity index (χ3n) is 1.92. The average molecular weight is 223 g/mol. The van der Waals surface area contributed by atoms with Gasteiger partial charge in [0.2, 0.25) is 11.5 Å². The molecule has 0 saturated carbocycles. The van der Waals surface area contributed by atoms with Crippen molar-refractivity contribution in [3.63, 3.8) is 0 Å². The molecule has 0 spiro atoms. The zero-order chi connectivity index (χ0) is 11.5. The summed E-state index contributed by atoms with van der Waals surface area (Å²) in [6.07, 6.45) is 1.36. The zero-order valence-corrected chi connectivity index (χ0v) is 8.41. The SMILES string of the molecule is CN(Cc1ncn[nH]1)C(=O)c1nonc1N. The Kier molecular flexibility index (Phi) is 2.50. The first kappa shape index (κ1) is 10.1. The van der Waals surface area contributed by atoms with Gasteiger partial charge in [0.05, 0.1) is 6.54 Å². The van der Waals surface area contributed by atoms with Crippen LogP contribution < -0.4 is 5.73 Å². The van der Waals surface area contributed by atoms with Gasteiger partial charge < -0.3 is 10.6 Å². The highest BCUT2D eigenvalue weighted by Crippen LogP contribution is 2.08. The first-order valence-corrected chi connectivity index (χ1v) is 4.36. The molecule has 16 heavy (non-hydrogen) atoms. The van der Waals surface area contributed by atoms with Crippen LogP contribution in [0.5, 0.6) is 0 Å². The first-order valence-electron chi connectivity index (χ1n) is 4.36. The lowest BCUT2D eigenvalue weighted by Gasteiger charge is -2.13. The largest absolute Gasteiger partial charge is 0.379 e. The van der Waals surface area contributed by atoms with Crippen molar-refractivity contribution in [1.29, 1.82) is 0 Å². The number of hydrogen-bond donors (Lipinski definition) is 2. The summed E-state index contributed by atoms with van der Waals surface area (Å²) in [7, 11) is 1.58. The topological polar surface area (TPSA) is 127 Å². The number of nitrogens with one attached hydrogen (secondary N) is 1. The van der Waals surface area contributed by atoms with Gasteiger partial charge in [-0.25, -0.2) is 9.61 Å². The van der Waals surface area contributed by atoms with Crippen molar-refractivity contribution in [3.05, 3.63) is 17.8 Å². The highest BCUT2D eigenvalue weighted by atomic mass is 16.6. The van der Waals surface area contributed by atoms with Gasteiger partial charge in [-0.15, -0.1) is 0 Å². The van der Waals surface area contributed by atoms with Crippen LogP contribution in [0.25, 0.3) is 0 Å². The molecule has 1 amide bonds. The van der Waals surface area contributed by atoms with Crippen molar-refractivity contribution in [2.45, 2.75) is 6.54 Å². The summed E-state index contributed by atoms with van der Waals surface area (Å²) in [5.74, 6) is 0.135. The van der Waals surface area contributed by atoms with Crippen LogP contribution in [0.2, 0.25) is 0 Å². The second-order valence-electron chi connectivity index (χ2n) is 3.09. The number of amides is 1. The molecule has 2 heterocycles. The van der Waals surface area contributed by atoms with E-state index in [9.17, 15) is 4.79 Å². The van der Waals surface area contributed by atoms with E-state index in [0.717, 1.165) is 0 Å². The molecule has 9 nitrogen and oxygen atoms in total. The average Bonchev–Trinajstić information content (AvgIpc) is 2.88. The number of nitrogen functional groups attached to an aromatic ring is 1. The van der Waals surface area contributed by atoms with Crippen LogP contribution in [0.4, 0.5) is 5.82 Å². The standard InChI is InChI=1S/C7H9N7O2/c1-14(2-4-9-3-10-11-4)7(15)5-6(8)13-16-12-5/h3H,2H2,1H3,(H2,8,13)(H,9,10,11). The molecule has 0 atom stereocenters. The molecule has 0 saturated heterocycles. The first-order chi connectivity index (χ1) is 7.68. The molecule has 0 fully saturated rings. The van der Waals surface area contributed by atoms with Crippen LogP contribution in [0, 0.1) is 0 Å². The third-order valence-corrected chi connectivity index (χ3v) is 1.92. The number of H-pyrrole nitrogens is 1. The van der Waals surface area contributed by atoms with Gasteiger partial charge in [-0.2, -0.15) is 5.10 Å². The van der Waals surface area contributed by atoms with Crippen LogP contribution in [-0.2, 0) is 6.54 Å². The van der Waals surface area contributed by atoms with Crippen molar-refractivity contribution in [3.8, 4) is 0 Å². The fraction of sp³-hybridized carbons (Fsp3) is 0.286. The molecule has 0 aliphatic heterocycles. The maximum atomic E-state index is 11.8. The Morgan fingerprint density at radius 1 is 1.62 bits per heavy atom. The van der Waals surface area contributed by atoms with Crippen molar-refractivity contribution in [2.75, 3.05) is 12.8 Å². The Hall–Kier alpha value is -2.45. The van der Waals surface area contributed by atoms with Gasteiger partial charge >= 0.3 is 0 Å². The van der Waals surface area contributed by atoms with Gasteiger partial charge in [0.25, 0.3) is 5.91 Å². The van der Waals surface area contributed by atoms with Crippen LogP contribution in [0.15, 0.2) is 11.0 Å². The van der Waals surface area contributed by atoms with Crippen molar-refractivity contribution in [2.24, 2.45) is 0 Å². The summed E-state index contributed by atoms with van der Waals surface area (Å²) in [6.45, 7) is 0.269. The Bertz CT molecular complexity index is 477. The molecular formula is C7H9N7O2. The quantitative estimate of drug-likeness (QED) is 0.686. The normalized spacial score (nSPS) is 10.3. The minimum atomic E-state index is -0.393. The summed E-state index contributed by atoms with van der Waals surface area (Å²) >= 11 is 0. The van der Waals surface area contributed by atoms with Gasteiger partial charge in [0.1, 0.15) is 12.2 Å². The lowest BCUT2D eigenvalue weighted by molar-refractivity contribution is 0.0771. The van der Waals surface area contributed by atoms with Crippen LogP contribution in [-0.4, -0.2) is 43.3 Å². The van der Waals surface area contributed by atoms with Crippen molar-refractivity contribution < 1.29 is 9.42 Å². The van der Waals surface area contributed by atoms with Gasteiger partial charge in [-0.1, -0.05) is 0 Å². The number of aromatic amines is 1. The molecule has 3 N–H and O–H groups in total. The Balaban J connectivity index is 2.08. The van der Waals surface area contributed by atoms with E-state index in [-0.39, 0.29) is 18.1 Å². The number of carbonyl (C=O) groups is 1. The highest BCUT2D eigenvalue weighted by molar-refractivity contribution is 5.95. The number of carbonyl (C=O) groups excluding carboxylic acids is 1. The van der Waals surface area contributed by atoms with E-state index in [0.29, 0.717) is 5.82 Å². The maximum absolute atomic E-state index is 11.8. The number of hydrogen-bond acceptors (Lipinski definition) is 7. The summed E-state index contributed by atoms with van der Waals surface area (Å²) < 4.78 is 4.34. The van der Waals surface area contributed by atoms with E-state index in [1.807, 2.05) is 0 Å². The van der Waals surface area contributed by atoms with Crippen LogP contribution in [0.1, 0.15) is 16.3 Å². The molecule has 9 heteroatoms. The second-order valence-corrected chi connectivity index (χ2v) is 3.09. The molecule has 0 radical (unpaired) electrons. The third kappa shape index (κ3) is 1.82. The lowest BCUT2D eigenvalue weighted by atomic mass is 10.3. The number of rotatable bonds is 3. The highest BCUT2D eigenvalue weighted by Gasteiger charge is 2.20. The molecule has 2 rings (SSSR count). The molecule has 2 aromatic heterocycles. The van der Waals surface area contributed by atoms with E-state index in [1.54, 1.807) is 7.05 Å².